The number of amides is 1. The SMILES string of the molecule is COc1ccc(Nc2ccc(N=NC(=O)OC(C)(C)C)cc2)cc1. The molecule has 2 aromatic carbocycles. The summed E-state index contributed by atoms with van der Waals surface area (Å²) < 4.78 is 10.2. The monoisotopic (exact) mass is 327 g/mol. The molecule has 126 valence electrons. The fourth-order valence-corrected chi connectivity index (χ4v) is 1.83. The van der Waals surface area contributed by atoms with Crippen molar-refractivity contribution >= 4 is 23.2 Å². The first-order valence-corrected chi connectivity index (χ1v) is 7.51. The summed E-state index contributed by atoms with van der Waals surface area (Å²) in [7, 11) is 1.63. The van der Waals surface area contributed by atoms with Crippen LogP contribution >= 0.6 is 0 Å². The average molecular weight is 327 g/mol. The molecule has 1 amide bonds. The number of hydrogen-bond donors (Lipinski definition) is 1. The van der Waals surface area contributed by atoms with Gasteiger partial charge in [-0.15, -0.1) is 5.11 Å². The van der Waals surface area contributed by atoms with Gasteiger partial charge in [0.25, 0.3) is 0 Å². The van der Waals surface area contributed by atoms with Crippen molar-refractivity contribution in [3.63, 3.8) is 0 Å². The van der Waals surface area contributed by atoms with Gasteiger partial charge < -0.3 is 14.8 Å². The molecule has 0 heterocycles. The van der Waals surface area contributed by atoms with Gasteiger partial charge in [0.05, 0.1) is 12.8 Å². The van der Waals surface area contributed by atoms with Crippen molar-refractivity contribution in [2.45, 2.75) is 26.4 Å². The second-order valence-corrected chi connectivity index (χ2v) is 6.08. The van der Waals surface area contributed by atoms with E-state index in [4.69, 9.17) is 9.47 Å². The summed E-state index contributed by atoms with van der Waals surface area (Å²) >= 11 is 0. The number of nitrogens with zero attached hydrogens (tertiary/aromatic N) is 2. The minimum absolute atomic E-state index is 0.571. The fourth-order valence-electron chi connectivity index (χ4n) is 1.83. The first kappa shape index (κ1) is 17.5. The third-order valence-electron chi connectivity index (χ3n) is 2.89. The normalized spacial score (nSPS) is 11.3. The van der Waals surface area contributed by atoms with Crippen LogP contribution < -0.4 is 10.1 Å². The molecule has 2 aromatic rings. The predicted octanol–water partition coefficient (Wildman–Crippen LogP) is 5.46. The minimum atomic E-state index is -0.706. The molecular weight excluding hydrogens is 306 g/mol. The maximum Gasteiger partial charge on any atom is 0.452 e. The van der Waals surface area contributed by atoms with Gasteiger partial charge in [0.1, 0.15) is 11.4 Å². The molecular formula is C18H21N3O3. The standard InChI is InChI=1S/C18H21N3O3/c1-18(2,3)24-17(22)21-20-15-7-5-13(6-8-15)19-14-9-11-16(23-4)12-10-14/h5-12,19H,1-4H3. The second kappa shape index (κ2) is 7.59. The maximum atomic E-state index is 11.5. The quantitative estimate of drug-likeness (QED) is 0.757. The van der Waals surface area contributed by atoms with E-state index in [2.05, 4.69) is 15.5 Å². The summed E-state index contributed by atoms with van der Waals surface area (Å²) in [5, 5.41) is 10.7. The van der Waals surface area contributed by atoms with E-state index < -0.39 is 11.7 Å². The molecule has 6 nitrogen and oxygen atoms in total. The smallest absolute Gasteiger partial charge is 0.452 e. The number of carbonyl (C=O) groups is 1. The van der Waals surface area contributed by atoms with Gasteiger partial charge in [-0.05, 0) is 69.3 Å². The number of methoxy groups -OCH3 is 1. The molecule has 0 saturated carbocycles. The molecule has 0 spiro atoms. The number of carbonyl (C=O) groups excluding carboxylic acids is 1. The Morgan fingerprint density at radius 3 is 2.00 bits per heavy atom. The number of benzene rings is 2. The van der Waals surface area contributed by atoms with Crippen molar-refractivity contribution in [2.75, 3.05) is 12.4 Å². The van der Waals surface area contributed by atoms with Gasteiger partial charge in [0, 0.05) is 11.4 Å². The van der Waals surface area contributed by atoms with Crippen LogP contribution in [0, 0.1) is 0 Å². The van der Waals surface area contributed by atoms with Crippen LogP contribution in [0.4, 0.5) is 21.9 Å². The first-order valence-electron chi connectivity index (χ1n) is 7.51. The van der Waals surface area contributed by atoms with E-state index in [1.165, 1.54) is 0 Å². The van der Waals surface area contributed by atoms with Crippen LogP contribution in [0.25, 0.3) is 0 Å². The highest BCUT2D eigenvalue weighted by Gasteiger charge is 2.15. The van der Waals surface area contributed by atoms with Gasteiger partial charge in [-0.2, -0.15) is 0 Å². The van der Waals surface area contributed by atoms with Crippen molar-refractivity contribution in [3.8, 4) is 5.75 Å². The van der Waals surface area contributed by atoms with Crippen molar-refractivity contribution in [3.05, 3.63) is 48.5 Å². The highest BCUT2D eigenvalue weighted by molar-refractivity contribution is 5.68. The fraction of sp³-hybridized carbons (Fsp3) is 0.278. The van der Waals surface area contributed by atoms with Crippen molar-refractivity contribution in [2.24, 2.45) is 10.2 Å². The summed E-state index contributed by atoms with van der Waals surface area (Å²) in [6, 6.07) is 14.8. The van der Waals surface area contributed by atoms with E-state index >= 15 is 0 Å². The van der Waals surface area contributed by atoms with E-state index in [1.807, 2.05) is 36.4 Å². The Morgan fingerprint density at radius 1 is 0.958 bits per heavy atom. The molecule has 0 aromatic heterocycles. The van der Waals surface area contributed by atoms with E-state index in [9.17, 15) is 4.79 Å². The zero-order chi connectivity index (χ0) is 17.6. The van der Waals surface area contributed by atoms with E-state index in [0.29, 0.717) is 5.69 Å². The highest BCUT2D eigenvalue weighted by atomic mass is 16.6. The van der Waals surface area contributed by atoms with Crippen molar-refractivity contribution in [1.82, 2.24) is 0 Å². The van der Waals surface area contributed by atoms with Gasteiger partial charge >= 0.3 is 6.09 Å². The number of rotatable bonds is 4. The summed E-state index contributed by atoms with van der Waals surface area (Å²) in [6.45, 7) is 5.33. The second-order valence-electron chi connectivity index (χ2n) is 6.08. The minimum Gasteiger partial charge on any atom is -0.497 e. The average Bonchev–Trinajstić information content (AvgIpc) is 2.53. The number of hydrogen-bond acceptors (Lipinski definition) is 5. The van der Waals surface area contributed by atoms with Gasteiger partial charge in [0.15, 0.2) is 0 Å². The van der Waals surface area contributed by atoms with Crippen LogP contribution in [-0.4, -0.2) is 18.8 Å². The van der Waals surface area contributed by atoms with Gasteiger partial charge in [-0.3, -0.25) is 0 Å². The molecule has 0 aliphatic rings. The van der Waals surface area contributed by atoms with Crippen LogP contribution in [0.5, 0.6) is 5.75 Å². The lowest BCUT2D eigenvalue weighted by molar-refractivity contribution is 0.0592. The molecule has 2 rings (SSSR count). The third-order valence-corrected chi connectivity index (χ3v) is 2.89. The highest BCUT2D eigenvalue weighted by Crippen LogP contribution is 2.22. The molecule has 6 heteroatoms. The predicted molar refractivity (Wildman–Crippen MR) is 93.5 cm³/mol. The van der Waals surface area contributed by atoms with Crippen LogP contribution in [0.2, 0.25) is 0 Å². The Hall–Kier alpha value is -2.89. The van der Waals surface area contributed by atoms with Crippen LogP contribution in [0.1, 0.15) is 20.8 Å². The summed E-state index contributed by atoms with van der Waals surface area (Å²) in [5.41, 5.74) is 1.83. The largest absolute Gasteiger partial charge is 0.497 e. The third kappa shape index (κ3) is 5.72. The van der Waals surface area contributed by atoms with Crippen molar-refractivity contribution < 1.29 is 14.3 Å². The molecule has 0 atom stereocenters. The van der Waals surface area contributed by atoms with Crippen LogP contribution in [-0.2, 0) is 4.74 Å². The molecule has 24 heavy (non-hydrogen) atoms. The number of ether oxygens (including phenoxy) is 2. The molecule has 0 unspecified atom stereocenters. The summed E-state index contributed by atoms with van der Waals surface area (Å²) in [5.74, 6) is 0.804. The molecule has 0 bridgehead atoms. The van der Waals surface area contributed by atoms with E-state index in [0.717, 1.165) is 17.1 Å². The Kier molecular flexibility index (Phi) is 5.52. The topological polar surface area (TPSA) is 72.3 Å². The summed E-state index contributed by atoms with van der Waals surface area (Å²) in [4.78, 5) is 11.5. The number of azo groups is 1. The van der Waals surface area contributed by atoms with Crippen LogP contribution in [0.15, 0.2) is 58.8 Å². The lowest BCUT2D eigenvalue weighted by Crippen LogP contribution is -2.21. The Morgan fingerprint density at radius 2 is 1.50 bits per heavy atom. The van der Waals surface area contributed by atoms with Crippen molar-refractivity contribution in [1.29, 1.82) is 0 Å². The first-order chi connectivity index (χ1) is 11.4. The van der Waals surface area contributed by atoms with E-state index in [1.54, 1.807) is 40.0 Å². The van der Waals surface area contributed by atoms with Gasteiger partial charge in [-0.25, -0.2) is 4.79 Å². The molecule has 0 fully saturated rings. The van der Waals surface area contributed by atoms with E-state index in [-0.39, 0.29) is 0 Å². The van der Waals surface area contributed by atoms with Gasteiger partial charge in [0.2, 0.25) is 0 Å². The molecule has 0 aliphatic carbocycles. The van der Waals surface area contributed by atoms with Crippen LogP contribution in [0.3, 0.4) is 0 Å². The Balaban J connectivity index is 1.96. The molecule has 0 radical (unpaired) electrons. The maximum absolute atomic E-state index is 11.5. The molecule has 0 aliphatic heterocycles. The van der Waals surface area contributed by atoms with Gasteiger partial charge in [-0.1, -0.05) is 5.11 Å². The number of nitrogens with one attached hydrogen (secondary N) is 1. The summed E-state index contributed by atoms with van der Waals surface area (Å²) in [6.07, 6.45) is -0.706. The lowest BCUT2D eigenvalue weighted by Gasteiger charge is -2.16. The lowest BCUT2D eigenvalue weighted by atomic mass is 10.2. The molecule has 0 saturated heterocycles. The zero-order valence-corrected chi connectivity index (χ0v) is 14.2. The zero-order valence-electron chi connectivity index (χ0n) is 14.2. The number of anilines is 2. The Labute approximate surface area is 141 Å². The molecule has 1 N–H and O–H groups in total. The Bertz CT molecular complexity index is 702.